The van der Waals surface area contributed by atoms with E-state index in [9.17, 15) is 4.79 Å². The molecular formula is C11H16N2O3. The van der Waals surface area contributed by atoms with Gasteiger partial charge in [0, 0.05) is 19.0 Å². The van der Waals surface area contributed by atoms with Crippen LogP contribution in [0.1, 0.15) is 35.5 Å². The molecule has 0 atom stereocenters. The smallest absolute Gasteiger partial charge is 0.358 e. The zero-order valence-corrected chi connectivity index (χ0v) is 9.19. The third-order valence-electron chi connectivity index (χ3n) is 2.90. The summed E-state index contributed by atoms with van der Waals surface area (Å²) in [7, 11) is 0. The highest BCUT2D eigenvalue weighted by Crippen LogP contribution is 2.10. The minimum atomic E-state index is -1.03. The molecule has 0 bridgehead atoms. The van der Waals surface area contributed by atoms with E-state index in [2.05, 4.69) is 10.1 Å². The number of hydrogen-bond donors (Lipinski definition) is 1. The van der Waals surface area contributed by atoms with Crippen LogP contribution in [-0.2, 0) is 6.42 Å². The van der Waals surface area contributed by atoms with E-state index in [4.69, 9.17) is 9.63 Å². The average Bonchev–Trinajstić information content (AvgIpc) is 2.76. The normalized spacial score (nSPS) is 17.5. The number of likely N-dealkylation sites (tertiary alicyclic amines) is 1. The molecule has 1 aliphatic heterocycles. The van der Waals surface area contributed by atoms with Crippen molar-refractivity contribution in [2.24, 2.45) is 0 Å². The van der Waals surface area contributed by atoms with Crippen LogP contribution >= 0.6 is 0 Å². The standard InChI is InChI=1S/C11H16N2O3/c14-11(15)10-8-9(16-12-10)4-7-13-5-2-1-3-6-13/h8H,1-7H2,(H,14,15). The maximum absolute atomic E-state index is 10.6. The zero-order valence-electron chi connectivity index (χ0n) is 9.19. The SMILES string of the molecule is O=C(O)c1cc(CCN2CCCCC2)on1. The first kappa shape index (κ1) is 11.1. The Hall–Kier alpha value is -1.36. The van der Waals surface area contributed by atoms with Gasteiger partial charge in [-0.3, -0.25) is 0 Å². The molecule has 1 aromatic heterocycles. The highest BCUT2D eigenvalue weighted by molar-refractivity contribution is 5.85. The molecule has 1 aromatic rings. The van der Waals surface area contributed by atoms with Gasteiger partial charge in [0.05, 0.1) is 0 Å². The number of carbonyl (C=O) groups is 1. The average molecular weight is 224 g/mol. The van der Waals surface area contributed by atoms with Crippen LogP contribution in [0, 0.1) is 0 Å². The van der Waals surface area contributed by atoms with Gasteiger partial charge in [0.15, 0.2) is 5.69 Å². The van der Waals surface area contributed by atoms with Crippen molar-refractivity contribution < 1.29 is 14.4 Å². The molecule has 0 saturated carbocycles. The van der Waals surface area contributed by atoms with Gasteiger partial charge in [-0.25, -0.2) is 4.79 Å². The number of aromatic nitrogens is 1. The van der Waals surface area contributed by atoms with E-state index in [1.807, 2.05) is 0 Å². The third kappa shape index (κ3) is 2.82. The quantitative estimate of drug-likeness (QED) is 0.837. The second-order valence-corrected chi connectivity index (χ2v) is 4.14. The van der Waals surface area contributed by atoms with Crippen LogP contribution in [0.3, 0.4) is 0 Å². The predicted octanol–water partition coefficient (Wildman–Crippen LogP) is 1.40. The molecule has 2 heterocycles. The number of hydrogen-bond acceptors (Lipinski definition) is 4. The summed E-state index contributed by atoms with van der Waals surface area (Å²) in [6.45, 7) is 3.20. The van der Waals surface area contributed by atoms with Crippen LogP contribution in [0.15, 0.2) is 10.6 Å². The topological polar surface area (TPSA) is 66.6 Å². The van der Waals surface area contributed by atoms with E-state index in [-0.39, 0.29) is 5.69 Å². The lowest BCUT2D eigenvalue weighted by molar-refractivity contribution is 0.0685. The van der Waals surface area contributed by atoms with Crippen LogP contribution in [0.4, 0.5) is 0 Å². The lowest BCUT2D eigenvalue weighted by Crippen LogP contribution is -2.31. The first-order chi connectivity index (χ1) is 7.75. The Labute approximate surface area is 94.0 Å². The summed E-state index contributed by atoms with van der Waals surface area (Å²) in [6, 6.07) is 1.51. The molecule has 0 unspecified atom stereocenters. The lowest BCUT2D eigenvalue weighted by atomic mass is 10.1. The molecular weight excluding hydrogens is 208 g/mol. The van der Waals surface area contributed by atoms with Gasteiger partial charge in [0.1, 0.15) is 5.76 Å². The molecule has 0 amide bonds. The predicted molar refractivity (Wildman–Crippen MR) is 57.5 cm³/mol. The maximum Gasteiger partial charge on any atom is 0.358 e. The van der Waals surface area contributed by atoms with Gasteiger partial charge in [0.2, 0.25) is 0 Å². The van der Waals surface area contributed by atoms with E-state index in [1.165, 1.54) is 25.3 Å². The summed E-state index contributed by atoms with van der Waals surface area (Å²) in [5, 5.41) is 12.2. The van der Waals surface area contributed by atoms with Gasteiger partial charge in [-0.05, 0) is 25.9 Å². The minimum Gasteiger partial charge on any atom is -0.476 e. The number of carboxylic acids is 1. The van der Waals surface area contributed by atoms with Gasteiger partial charge in [-0.1, -0.05) is 11.6 Å². The Balaban J connectivity index is 1.81. The van der Waals surface area contributed by atoms with Crippen molar-refractivity contribution in [2.75, 3.05) is 19.6 Å². The summed E-state index contributed by atoms with van der Waals surface area (Å²) in [6.07, 6.45) is 4.58. The summed E-state index contributed by atoms with van der Waals surface area (Å²) >= 11 is 0. The van der Waals surface area contributed by atoms with Crippen LogP contribution in [0.2, 0.25) is 0 Å². The molecule has 16 heavy (non-hydrogen) atoms. The van der Waals surface area contributed by atoms with Gasteiger partial charge < -0.3 is 14.5 Å². The lowest BCUT2D eigenvalue weighted by Gasteiger charge is -2.25. The molecule has 1 saturated heterocycles. The molecule has 88 valence electrons. The summed E-state index contributed by atoms with van der Waals surface area (Å²) in [4.78, 5) is 13.0. The molecule has 0 spiro atoms. The van der Waals surface area contributed by atoms with Crippen molar-refractivity contribution in [2.45, 2.75) is 25.7 Å². The van der Waals surface area contributed by atoms with Crippen molar-refractivity contribution in [3.05, 3.63) is 17.5 Å². The van der Waals surface area contributed by atoms with Gasteiger partial charge in [-0.15, -0.1) is 0 Å². The molecule has 5 nitrogen and oxygen atoms in total. The monoisotopic (exact) mass is 224 g/mol. The number of carboxylic acid groups (broad SMARTS) is 1. The fourth-order valence-electron chi connectivity index (χ4n) is 1.98. The van der Waals surface area contributed by atoms with Crippen molar-refractivity contribution >= 4 is 5.97 Å². The second kappa shape index (κ2) is 5.12. The van der Waals surface area contributed by atoms with E-state index in [1.54, 1.807) is 0 Å². The van der Waals surface area contributed by atoms with E-state index >= 15 is 0 Å². The first-order valence-electron chi connectivity index (χ1n) is 5.67. The Bertz CT molecular complexity index is 356. The van der Waals surface area contributed by atoms with Crippen molar-refractivity contribution in [3.63, 3.8) is 0 Å². The Kier molecular flexibility index (Phi) is 3.56. The van der Waals surface area contributed by atoms with E-state index in [0.29, 0.717) is 5.76 Å². The fraction of sp³-hybridized carbons (Fsp3) is 0.636. The fourth-order valence-corrected chi connectivity index (χ4v) is 1.98. The largest absolute Gasteiger partial charge is 0.476 e. The first-order valence-corrected chi connectivity index (χ1v) is 5.67. The van der Waals surface area contributed by atoms with E-state index < -0.39 is 5.97 Å². The van der Waals surface area contributed by atoms with Gasteiger partial charge in [0.25, 0.3) is 0 Å². The van der Waals surface area contributed by atoms with Crippen molar-refractivity contribution in [1.29, 1.82) is 0 Å². The van der Waals surface area contributed by atoms with Crippen LogP contribution in [-0.4, -0.2) is 40.8 Å². The van der Waals surface area contributed by atoms with Crippen LogP contribution < -0.4 is 0 Å². The molecule has 1 fully saturated rings. The molecule has 1 N–H and O–H groups in total. The number of nitrogens with zero attached hydrogens (tertiary/aromatic N) is 2. The summed E-state index contributed by atoms with van der Waals surface area (Å²) in [5.41, 5.74) is -0.00589. The van der Waals surface area contributed by atoms with Crippen LogP contribution in [0.25, 0.3) is 0 Å². The summed E-state index contributed by atoms with van der Waals surface area (Å²) in [5.74, 6) is -0.379. The Morgan fingerprint density at radius 3 is 2.81 bits per heavy atom. The van der Waals surface area contributed by atoms with Crippen molar-refractivity contribution in [1.82, 2.24) is 10.1 Å². The highest BCUT2D eigenvalue weighted by atomic mass is 16.5. The molecule has 0 radical (unpaired) electrons. The molecule has 5 heteroatoms. The van der Waals surface area contributed by atoms with Crippen molar-refractivity contribution in [3.8, 4) is 0 Å². The van der Waals surface area contributed by atoms with E-state index in [0.717, 1.165) is 26.1 Å². The molecule has 0 aromatic carbocycles. The van der Waals surface area contributed by atoms with Gasteiger partial charge >= 0.3 is 5.97 Å². The third-order valence-corrected chi connectivity index (χ3v) is 2.90. The van der Waals surface area contributed by atoms with Gasteiger partial charge in [-0.2, -0.15) is 0 Å². The molecule has 0 aliphatic carbocycles. The summed E-state index contributed by atoms with van der Waals surface area (Å²) < 4.78 is 4.96. The highest BCUT2D eigenvalue weighted by Gasteiger charge is 2.13. The maximum atomic E-state index is 10.6. The van der Waals surface area contributed by atoms with Crippen LogP contribution in [0.5, 0.6) is 0 Å². The number of aromatic carboxylic acids is 1. The molecule has 2 rings (SSSR count). The Morgan fingerprint density at radius 2 is 2.19 bits per heavy atom. The number of rotatable bonds is 4. The minimum absolute atomic E-state index is 0.00589. The zero-order chi connectivity index (χ0) is 11.4. The Morgan fingerprint density at radius 1 is 1.44 bits per heavy atom. The molecule has 1 aliphatic rings. The second-order valence-electron chi connectivity index (χ2n) is 4.14. The number of piperidine rings is 1.